The number of imidazole rings is 1. The van der Waals surface area contributed by atoms with E-state index in [1.54, 1.807) is 22.9 Å². The van der Waals surface area contributed by atoms with Crippen LogP contribution < -0.4 is 11.1 Å². The average molecular weight is 509 g/mol. The molecule has 194 valence electrons. The van der Waals surface area contributed by atoms with Crippen molar-refractivity contribution in [1.29, 1.82) is 0 Å². The average Bonchev–Trinajstić information content (AvgIpc) is 3.24. The van der Waals surface area contributed by atoms with E-state index in [1.807, 2.05) is 25.2 Å². The Labute approximate surface area is 214 Å². The Morgan fingerprint density at radius 3 is 2.46 bits per heavy atom. The zero-order chi connectivity index (χ0) is 26.8. The molecule has 37 heavy (non-hydrogen) atoms. The lowest BCUT2D eigenvalue weighted by atomic mass is 10.1. The number of non-ortho nitro benzene ring substituents is 1. The van der Waals surface area contributed by atoms with E-state index in [1.165, 1.54) is 18.2 Å². The molecule has 0 bridgehead atoms. The van der Waals surface area contributed by atoms with Gasteiger partial charge in [0.2, 0.25) is 0 Å². The number of benzene rings is 3. The number of nitro benzene ring substituents is 1. The van der Waals surface area contributed by atoms with Gasteiger partial charge < -0.3 is 15.6 Å². The molecule has 0 spiro atoms. The molecule has 0 aliphatic heterocycles. The number of nitrogens with zero attached hydrogens (tertiary/aromatic N) is 4. The highest BCUT2D eigenvalue weighted by Crippen LogP contribution is 2.27. The first-order chi connectivity index (χ1) is 17.9. The number of nitro groups is 1. The maximum atomic E-state index is 14.6. The summed E-state index contributed by atoms with van der Waals surface area (Å²) < 4.78 is 29.7. The molecule has 1 heterocycles. The maximum Gasteiger partial charge on any atom is 0.269 e. The van der Waals surface area contributed by atoms with Gasteiger partial charge in [-0.1, -0.05) is 25.1 Å². The number of fused-ring (bicyclic) bond motifs is 1. The van der Waals surface area contributed by atoms with E-state index in [9.17, 15) is 18.9 Å². The van der Waals surface area contributed by atoms with Crippen LogP contribution in [0.15, 0.2) is 65.7 Å². The maximum absolute atomic E-state index is 14.6. The third kappa shape index (κ3) is 7.25. The summed E-state index contributed by atoms with van der Waals surface area (Å²) in [6, 6.07) is 15.2. The Morgan fingerprint density at radius 1 is 1.11 bits per heavy atom. The molecule has 0 saturated heterocycles. The van der Waals surface area contributed by atoms with Gasteiger partial charge in [0.05, 0.1) is 35.3 Å². The minimum absolute atomic E-state index is 0.0320. The van der Waals surface area contributed by atoms with E-state index in [2.05, 4.69) is 22.2 Å². The van der Waals surface area contributed by atoms with Gasteiger partial charge in [0.25, 0.3) is 5.69 Å². The van der Waals surface area contributed by atoms with Gasteiger partial charge >= 0.3 is 0 Å². The minimum Gasteiger partial charge on any atom is -0.330 e. The van der Waals surface area contributed by atoms with E-state index in [0.29, 0.717) is 29.9 Å². The summed E-state index contributed by atoms with van der Waals surface area (Å²) in [5, 5.41) is 14.2. The van der Waals surface area contributed by atoms with Crippen LogP contribution in [-0.2, 0) is 6.54 Å². The molecule has 4 rings (SSSR count). The third-order valence-corrected chi connectivity index (χ3v) is 5.51. The van der Waals surface area contributed by atoms with Crippen LogP contribution in [0, 0.1) is 21.7 Å². The number of likely N-dealkylation sites (N-methyl/N-ethyl adjacent to an activating group) is 1. The molecule has 0 amide bonds. The highest BCUT2D eigenvalue weighted by Gasteiger charge is 2.16. The Bertz CT molecular complexity index is 1370. The number of nitrogens with two attached hydrogens (primary N) is 1. The first kappa shape index (κ1) is 27.6. The largest absolute Gasteiger partial charge is 0.330 e. The van der Waals surface area contributed by atoms with Crippen LogP contribution in [0.3, 0.4) is 0 Å². The first-order valence-corrected chi connectivity index (χ1v) is 11.9. The van der Waals surface area contributed by atoms with Crippen LogP contribution in [0.2, 0.25) is 0 Å². The minimum atomic E-state index is -0.554. The van der Waals surface area contributed by atoms with Crippen LogP contribution in [0.4, 0.5) is 14.5 Å². The molecule has 3 aromatic carbocycles. The normalized spacial score (nSPS) is 11.1. The third-order valence-electron chi connectivity index (χ3n) is 5.51. The van der Waals surface area contributed by atoms with Gasteiger partial charge in [-0.2, -0.15) is 0 Å². The number of halogens is 2. The summed E-state index contributed by atoms with van der Waals surface area (Å²) in [6.07, 6.45) is 2.71. The number of hydrogen-bond acceptors (Lipinski definition) is 6. The van der Waals surface area contributed by atoms with Crippen molar-refractivity contribution in [3.8, 4) is 11.1 Å². The number of aromatic nitrogens is 2. The van der Waals surface area contributed by atoms with Crippen molar-refractivity contribution in [2.75, 3.05) is 26.7 Å². The summed E-state index contributed by atoms with van der Waals surface area (Å²) >= 11 is 0. The molecule has 4 aromatic rings. The molecule has 0 atom stereocenters. The van der Waals surface area contributed by atoms with Gasteiger partial charge in [-0.05, 0) is 61.5 Å². The van der Waals surface area contributed by atoms with Crippen molar-refractivity contribution in [3.63, 3.8) is 0 Å². The molecule has 0 unspecified atom stereocenters. The fraction of sp³-hybridized carbons (Fsp3) is 0.259. The molecule has 1 aromatic heterocycles. The first-order valence-electron chi connectivity index (χ1n) is 11.9. The molecular weight excluding hydrogens is 478 g/mol. The topological polar surface area (TPSA) is 111 Å². The lowest BCUT2D eigenvalue weighted by molar-refractivity contribution is -0.385. The zero-order valence-corrected chi connectivity index (χ0v) is 20.8. The van der Waals surface area contributed by atoms with E-state index >= 15 is 0 Å². The van der Waals surface area contributed by atoms with Gasteiger partial charge in [-0.3, -0.25) is 15.1 Å². The quantitative estimate of drug-likeness (QED) is 0.144. The van der Waals surface area contributed by atoms with Crippen molar-refractivity contribution in [3.05, 3.63) is 93.8 Å². The summed E-state index contributed by atoms with van der Waals surface area (Å²) in [7, 11) is 1.83. The Hall–Kier alpha value is -4.02. The van der Waals surface area contributed by atoms with Gasteiger partial charge in [0.15, 0.2) is 5.82 Å². The lowest BCUT2D eigenvalue weighted by Gasteiger charge is -2.10. The van der Waals surface area contributed by atoms with Crippen LogP contribution in [0.5, 0.6) is 0 Å². The van der Waals surface area contributed by atoms with E-state index in [0.717, 1.165) is 36.2 Å². The number of nitrogens with one attached hydrogen (secondary N) is 1. The van der Waals surface area contributed by atoms with Gasteiger partial charge in [-0.25, -0.2) is 13.8 Å². The van der Waals surface area contributed by atoms with Crippen LogP contribution in [0.25, 0.3) is 22.2 Å². The predicted octanol–water partition coefficient (Wildman–Crippen LogP) is 4.93. The van der Waals surface area contributed by atoms with E-state index in [-0.39, 0.29) is 23.6 Å². The SMILES string of the molecule is CCCN.CNCCN=Cc1nc2ccc(-c3ccc(F)cc3)cc2n1Cc1cc([N+](=O)[O-])ccc1F. The monoisotopic (exact) mass is 508 g/mol. The Morgan fingerprint density at radius 2 is 1.81 bits per heavy atom. The highest BCUT2D eigenvalue weighted by atomic mass is 19.1. The molecule has 0 saturated carbocycles. The second kappa shape index (κ2) is 13.3. The van der Waals surface area contributed by atoms with E-state index < -0.39 is 10.7 Å². The van der Waals surface area contributed by atoms with Crippen LogP contribution in [0.1, 0.15) is 24.7 Å². The zero-order valence-electron chi connectivity index (χ0n) is 20.8. The predicted molar refractivity (Wildman–Crippen MR) is 143 cm³/mol. The molecule has 0 aliphatic carbocycles. The van der Waals surface area contributed by atoms with Crippen molar-refractivity contribution in [1.82, 2.24) is 14.9 Å². The van der Waals surface area contributed by atoms with Gasteiger partial charge in [0.1, 0.15) is 11.6 Å². The van der Waals surface area contributed by atoms with Crippen molar-refractivity contribution >= 4 is 22.9 Å². The Kier molecular flexibility index (Phi) is 9.93. The number of rotatable bonds is 9. The van der Waals surface area contributed by atoms with Crippen molar-refractivity contribution in [2.45, 2.75) is 19.9 Å². The van der Waals surface area contributed by atoms with Crippen molar-refractivity contribution < 1.29 is 13.7 Å². The standard InChI is InChI=1S/C24H21F2N5O2.C3H9N/c1-27-10-11-28-14-24-29-22-9-4-17(16-2-5-19(25)6-3-16)13-23(22)30(24)15-18-12-20(31(32)33)7-8-21(18)26;1-2-3-4/h2-9,12-14,27H,10-11,15H2,1H3;2-4H2,1H3. The van der Waals surface area contributed by atoms with Crippen LogP contribution in [-0.4, -0.2) is 47.4 Å². The van der Waals surface area contributed by atoms with Gasteiger partial charge in [-0.15, -0.1) is 0 Å². The second-order valence-corrected chi connectivity index (χ2v) is 8.23. The Balaban J connectivity index is 0.000000886. The molecular formula is C27H30F2N6O2. The van der Waals surface area contributed by atoms with Crippen molar-refractivity contribution in [2.24, 2.45) is 10.7 Å². The molecule has 10 heteroatoms. The fourth-order valence-corrected chi connectivity index (χ4v) is 3.52. The van der Waals surface area contributed by atoms with Crippen LogP contribution >= 0.6 is 0 Å². The molecule has 3 N–H and O–H groups in total. The van der Waals surface area contributed by atoms with Gasteiger partial charge in [0, 0.05) is 24.2 Å². The molecule has 0 radical (unpaired) electrons. The second-order valence-electron chi connectivity index (χ2n) is 8.23. The van der Waals surface area contributed by atoms with E-state index in [4.69, 9.17) is 5.73 Å². The number of hydrogen-bond donors (Lipinski definition) is 2. The fourth-order valence-electron chi connectivity index (χ4n) is 3.52. The summed E-state index contributed by atoms with van der Waals surface area (Å²) in [5.41, 5.74) is 8.03. The molecule has 0 fully saturated rings. The summed E-state index contributed by atoms with van der Waals surface area (Å²) in [4.78, 5) is 19.6. The molecule has 0 aliphatic rings. The summed E-state index contributed by atoms with van der Waals surface area (Å²) in [5.74, 6) is -0.371. The molecule has 8 nitrogen and oxygen atoms in total. The number of aliphatic imine (C=N–C) groups is 1. The smallest absolute Gasteiger partial charge is 0.269 e. The highest BCUT2D eigenvalue weighted by molar-refractivity contribution is 5.88. The summed E-state index contributed by atoms with van der Waals surface area (Å²) in [6.45, 7) is 4.13. The lowest BCUT2D eigenvalue weighted by Crippen LogP contribution is -2.11.